The molecule has 2 aromatic rings. The van der Waals surface area contributed by atoms with E-state index in [9.17, 15) is 0 Å². The van der Waals surface area contributed by atoms with Crippen LogP contribution in [0, 0.1) is 0 Å². The van der Waals surface area contributed by atoms with Gasteiger partial charge in [0.25, 0.3) is 0 Å². The van der Waals surface area contributed by atoms with Crippen molar-refractivity contribution >= 4 is 23.3 Å². The number of oxime groups is 2. The summed E-state index contributed by atoms with van der Waals surface area (Å²) in [5.74, 6) is 1.05. The predicted molar refractivity (Wildman–Crippen MR) is 97.7 cm³/mol. The number of benzene rings is 2. The molecule has 0 atom stereocenters. The third-order valence-corrected chi connectivity index (χ3v) is 3.52. The van der Waals surface area contributed by atoms with E-state index in [1.54, 1.807) is 18.2 Å². The van der Waals surface area contributed by atoms with Crippen molar-refractivity contribution in [2.75, 3.05) is 14.2 Å². The number of hydrogen-bond acceptors (Lipinski definition) is 5. The molecule has 0 spiro atoms. The lowest BCUT2D eigenvalue weighted by Crippen LogP contribution is -2.14. The monoisotopic (exact) mass is 362 g/mol. The van der Waals surface area contributed by atoms with E-state index in [1.165, 1.54) is 14.2 Å². The molecule has 0 bridgehead atoms. The van der Waals surface area contributed by atoms with Gasteiger partial charge in [-0.05, 0) is 29.8 Å². The highest BCUT2D eigenvalue weighted by Crippen LogP contribution is 2.26. The molecule has 2 rings (SSSR count). The van der Waals surface area contributed by atoms with Crippen molar-refractivity contribution in [1.82, 2.24) is 0 Å². The van der Waals surface area contributed by atoms with Crippen molar-refractivity contribution in [3.63, 3.8) is 0 Å². The van der Waals surface area contributed by atoms with Gasteiger partial charge in [-0.15, -0.1) is 0 Å². The second-order valence-corrected chi connectivity index (χ2v) is 5.36. The average molecular weight is 363 g/mol. The molecule has 8 heteroatoms. The van der Waals surface area contributed by atoms with Crippen LogP contribution in [0.3, 0.4) is 0 Å². The second kappa shape index (κ2) is 8.79. The van der Waals surface area contributed by atoms with E-state index in [0.717, 1.165) is 11.1 Å². The molecular weight excluding hydrogens is 344 g/mol. The van der Waals surface area contributed by atoms with Gasteiger partial charge in [0.1, 0.15) is 26.6 Å². The number of hydrogen-bond donors (Lipinski definition) is 2. The molecule has 0 unspecified atom stereocenters. The minimum atomic E-state index is 0.233. The van der Waals surface area contributed by atoms with Gasteiger partial charge in [0.2, 0.25) is 0 Å². The van der Waals surface area contributed by atoms with Crippen LogP contribution < -0.4 is 16.2 Å². The first kappa shape index (κ1) is 18.4. The Morgan fingerprint density at radius 3 is 2.20 bits per heavy atom. The number of amidine groups is 2. The highest BCUT2D eigenvalue weighted by atomic mass is 35.5. The van der Waals surface area contributed by atoms with Crippen LogP contribution in [-0.4, -0.2) is 25.9 Å². The molecule has 0 radical (unpaired) electrons. The SMILES string of the molecule is CO/N=C(\N)c1cccc(COc2ccc(/C(N)=N/OC)cc2Cl)c1. The maximum Gasteiger partial charge on any atom is 0.170 e. The van der Waals surface area contributed by atoms with Gasteiger partial charge in [0.15, 0.2) is 11.7 Å². The van der Waals surface area contributed by atoms with Crippen molar-refractivity contribution in [1.29, 1.82) is 0 Å². The van der Waals surface area contributed by atoms with Crippen LogP contribution >= 0.6 is 11.6 Å². The van der Waals surface area contributed by atoms with E-state index in [1.807, 2.05) is 24.3 Å². The lowest BCUT2D eigenvalue weighted by atomic mass is 10.1. The Bertz CT molecular complexity index is 793. The van der Waals surface area contributed by atoms with Crippen LogP contribution in [0.15, 0.2) is 52.8 Å². The molecular formula is C17H19ClN4O3. The molecule has 0 saturated carbocycles. The molecule has 7 nitrogen and oxygen atoms in total. The van der Waals surface area contributed by atoms with Gasteiger partial charge in [-0.1, -0.05) is 40.1 Å². The molecule has 2 aromatic carbocycles. The molecule has 0 aliphatic rings. The van der Waals surface area contributed by atoms with E-state index < -0.39 is 0 Å². The molecule has 0 aliphatic heterocycles. The fraction of sp³-hybridized carbons (Fsp3) is 0.176. The van der Waals surface area contributed by atoms with E-state index in [-0.39, 0.29) is 5.84 Å². The normalized spacial score (nSPS) is 12.0. The lowest BCUT2D eigenvalue weighted by Gasteiger charge is -2.10. The predicted octanol–water partition coefficient (Wildman–Crippen LogP) is 2.45. The number of nitrogens with zero attached hydrogens (tertiary/aromatic N) is 2. The zero-order valence-electron chi connectivity index (χ0n) is 13.9. The van der Waals surface area contributed by atoms with Gasteiger partial charge < -0.3 is 25.9 Å². The maximum absolute atomic E-state index is 6.23. The first-order valence-corrected chi connectivity index (χ1v) is 7.68. The van der Waals surface area contributed by atoms with Crippen molar-refractivity contribution < 1.29 is 14.4 Å². The number of ether oxygens (including phenoxy) is 1. The zero-order chi connectivity index (χ0) is 18.2. The number of rotatable bonds is 7. The Balaban J connectivity index is 2.10. The first-order chi connectivity index (χ1) is 12.0. The molecule has 0 aromatic heterocycles. The topological polar surface area (TPSA) is 104 Å². The Labute approximate surface area is 150 Å². The molecule has 0 heterocycles. The van der Waals surface area contributed by atoms with E-state index in [0.29, 0.717) is 28.8 Å². The quantitative estimate of drug-likeness (QED) is 0.447. The van der Waals surface area contributed by atoms with Gasteiger partial charge in [-0.2, -0.15) is 0 Å². The smallest absolute Gasteiger partial charge is 0.170 e. The van der Waals surface area contributed by atoms with E-state index >= 15 is 0 Å². The summed E-state index contributed by atoms with van der Waals surface area (Å²) in [5.41, 5.74) is 13.9. The summed E-state index contributed by atoms with van der Waals surface area (Å²) in [5, 5.41) is 7.79. The van der Waals surface area contributed by atoms with Crippen LogP contribution in [0.2, 0.25) is 5.02 Å². The minimum absolute atomic E-state index is 0.233. The van der Waals surface area contributed by atoms with Gasteiger partial charge in [-0.25, -0.2) is 0 Å². The van der Waals surface area contributed by atoms with E-state index in [2.05, 4.69) is 20.0 Å². The summed E-state index contributed by atoms with van der Waals surface area (Å²) in [6, 6.07) is 12.6. The Kier molecular flexibility index (Phi) is 6.47. The van der Waals surface area contributed by atoms with Crippen molar-refractivity contribution in [3.05, 3.63) is 64.2 Å². The Morgan fingerprint density at radius 1 is 0.960 bits per heavy atom. The summed E-state index contributed by atoms with van der Waals surface area (Å²) >= 11 is 6.23. The second-order valence-electron chi connectivity index (χ2n) is 4.95. The van der Waals surface area contributed by atoms with Crippen LogP contribution in [-0.2, 0) is 16.3 Å². The Morgan fingerprint density at radius 2 is 1.60 bits per heavy atom. The molecule has 0 aliphatic carbocycles. The first-order valence-electron chi connectivity index (χ1n) is 7.30. The molecule has 0 amide bonds. The van der Waals surface area contributed by atoms with Crippen molar-refractivity contribution in [2.24, 2.45) is 21.8 Å². The molecule has 25 heavy (non-hydrogen) atoms. The summed E-state index contributed by atoms with van der Waals surface area (Å²) in [7, 11) is 2.86. The largest absolute Gasteiger partial charge is 0.487 e. The van der Waals surface area contributed by atoms with E-state index in [4.69, 9.17) is 27.8 Å². The molecule has 0 fully saturated rings. The fourth-order valence-electron chi connectivity index (χ4n) is 2.06. The van der Waals surface area contributed by atoms with Gasteiger partial charge in [0.05, 0.1) is 5.02 Å². The van der Waals surface area contributed by atoms with Crippen LogP contribution in [0.25, 0.3) is 0 Å². The summed E-state index contributed by atoms with van der Waals surface area (Å²) < 4.78 is 5.76. The van der Waals surface area contributed by atoms with Crippen LogP contribution in [0.5, 0.6) is 5.75 Å². The lowest BCUT2D eigenvalue weighted by molar-refractivity contribution is 0.213. The summed E-state index contributed by atoms with van der Waals surface area (Å²) in [6.45, 7) is 0.314. The zero-order valence-corrected chi connectivity index (χ0v) is 14.7. The van der Waals surface area contributed by atoms with Gasteiger partial charge in [0, 0.05) is 11.1 Å². The van der Waals surface area contributed by atoms with Crippen LogP contribution in [0.4, 0.5) is 0 Å². The highest BCUT2D eigenvalue weighted by Gasteiger charge is 2.07. The minimum Gasteiger partial charge on any atom is -0.487 e. The van der Waals surface area contributed by atoms with Gasteiger partial charge >= 0.3 is 0 Å². The third kappa shape index (κ3) is 5.02. The molecule has 132 valence electrons. The van der Waals surface area contributed by atoms with Gasteiger partial charge in [-0.3, -0.25) is 0 Å². The van der Waals surface area contributed by atoms with Crippen LogP contribution in [0.1, 0.15) is 16.7 Å². The fourth-order valence-corrected chi connectivity index (χ4v) is 2.30. The Hall–Kier alpha value is -2.93. The number of nitrogens with two attached hydrogens (primary N) is 2. The van der Waals surface area contributed by atoms with Crippen molar-refractivity contribution in [3.8, 4) is 5.75 Å². The average Bonchev–Trinajstić information content (AvgIpc) is 2.61. The number of halogens is 1. The molecule has 0 saturated heterocycles. The molecule has 4 N–H and O–H groups in total. The highest BCUT2D eigenvalue weighted by molar-refractivity contribution is 6.32. The standard InChI is InChI=1S/C17H19ClN4O3/c1-23-21-16(19)12-5-3-4-11(8-12)10-25-15-7-6-13(9-14(15)18)17(20)22-24-2/h3-9H,10H2,1-2H3,(H2,19,21)(H2,20,22). The summed E-state index contributed by atoms with van der Waals surface area (Å²) in [6.07, 6.45) is 0. The third-order valence-electron chi connectivity index (χ3n) is 3.22. The maximum atomic E-state index is 6.23. The van der Waals surface area contributed by atoms with Crippen molar-refractivity contribution in [2.45, 2.75) is 6.61 Å². The summed E-state index contributed by atoms with van der Waals surface area (Å²) in [4.78, 5) is 9.32.